The van der Waals surface area contributed by atoms with E-state index in [1.807, 2.05) is 0 Å². The molecule has 0 aromatic heterocycles. The average Bonchev–Trinajstić information content (AvgIpc) is 2.09. The van der Waals surface area contributed by atoms with Gasteiger partial charge in [-0.15, -0.1) is 11.8 Å². The topological polar surface area (TPSA) is 0 Å². The van der Waals surface area contributed by atoms with Crippen LogP contribution in [0.4, 0.5) is 8.78 Å². The second-order valence-corrected chi connectivity index (χ2v) is 3.79. The van der Waals surface area contributed by atoms with E-state index in [0.717, 1.165) is 24.1 Å². The smallest absolute Gasteiger partial charge is 0.136 e. The minimum absolute atomic E-state index is 0.116. The maximum Gasteiger partial charge on any atom is 0.136 e. The van der Waals surface area contributed by atoms with Crippen LogP contribution in [0, 0.1) is 11.6 Å². The van der Waals surface area contributed by atoms with Crippen LogP contribution >= 0.6 is 11.8 Å². The van der Waals surface area contributed by atoms with Gasteiger partial charge in [-0.1, -0.05) is 25.5 Å². The van der Waals surface area contributed by atoms with E-state index in [1.54, 1.807) is 0 Å². The highest BCUT2D eigenvalue weighted by molar-refractivity contribution is 7.99. The Morgan fingerprint density at radius 1 is 1.29 bits per heavy atom. The lowest BCUT2D eigenvalue weighted by atomic mass is 9.96. The maximum absolute atomic E-state index is 13.3. The number of hydrogen-bond acceptors (Lipinski definition) is 1. The molecular weight excluding hydrogens is 201 g/mol. The van der Waals surface area contributed by atoms with Crippen molar-refractivity contribution in [2.45, 2.75) is 24.7 Å². The van der Waals surface area contributed by atoms with Gasteiger partial charge in [-0.05, 0) is 20.0 Å². The fourth-order valence-electron chi connectivity index (χ4n) is 0.890. The van der Waals surface area contributed by atoms with Gasteiger partial charge in [0, 0.05) is 0 Å². The number of hydrogen-bond donors (Lipinski definition) is 0. The Morgan fingerprint density at radius 3 is 2.36 bits per heavy atom. The highest BCUT2D eigenvalue weighted by atomic mass is 32.2. The molecule has 0 N–H and O–H groups in total. The molecule has 0 saturated heterocycles. The summed E-state index contributed by atoms with van der Waals surface area (Å²) in [6, 6.07) is 2.97. The van der Waals surface area contributed by atoms with Crippen LogP contribution in [-0.4, -0.2) is 13.6 Å². The molecule has 4 heteroatoms. The van der Waals surface area contributed by atoms with Crippen LogP contribution in [0.25, 0.3) is 0 Å². The van der Waals surface area contributed by atoms with E-state index in [4.69, 9.17) is 0 Å². The third-order valence-corrected chi connectivity index (χ3v) is 2.77. The fraction of sp³-hybridized carbons (Fsp3) is 0.400. The molecule has 1 aromatic rings. The Hall–Kier alpha value is -0.505. The van der Waals surface area contributed by atoms with Crippen molar-refractivity contribution in [1.29, 1.82) is 0 Å². The zero-order valence-corrected chi connectivity index (χ0v) is 8.26. The summed E-state index contributed by atoms with van der Waals surface area (Å²) >= 11 is 1.28. The van der Waals surface area contributed by atoms with Crippen molar-refractivity contribution in [2.24, 2.45) is 0 Å². The molecular formula is C10H14BF2S-. The minimum atomic E-state index is -0.379. The Balaban J connectivity index is 2.75. The first-order chi connectivity index (χ1) is 6.65. The summed E-state index contributed by atoms with van der Waals surface area (Å²) in [5, 5.41) is 0. The largest absolute Gasteiger partial charge is 0.215 e. The summed E-state index contributed by atoms with van der Waals surface area (Å²) in [6.07, 6.45) is 2.06. The van der Waals surface area contributed by atoms with Crippen LogP contribution in [0.1, 0.15) is 19.8 Å². The second kappa shape index (κ2) is 5.39. The van der Waals surface area contributed by atoms with Crippen molar-refractivity contribution in [3.8, 4) is 0 Å². The van der Waals surface area contributed by atoms with Gasteiger partial charge in [-0.2, -0.15) is 0 Å². The van der Waals surface area contributed by atoms with Crippen LogP contribution in [0.15, 0.2) is 17.0 Å². The Morgan fingerprint density at radius 2 is 1.86 bits per heavy atom. The monoisotopic (exact) mass is 215 g/mol. The lowest BCUT2D eigenvalue weighted by molar-refractivity contribution is 0.542. The van der Waals surface area contributed by atoms with Gasteiger partial charge < -0.3 is 0 Å². The van der Waals surface area contributed by atoms with Crippen LogP contribution in [0.3, 0.4) is 0 Å². The molecule has 0 aliphatic carbocycles. The first kappa shape index (κ1) is 11.6. The molecule has 0 aliphatic rings. The number of unbranched alkanes of at least 4 members (excludes halogenated alkanes) is 1. The van der Waals surface area contributed by atoms with E-state index < -0.39 is 0 Å². The molecule has 1 rings (SSSR count). The van der Waals surface area contributed by atoms with E-state index in [9.17, 15) is 8.78 Å². The third-order valence-electron chi connectivity index (χ3n) is 1.60. The quantitative estimate of drug-likeness (QED) is 0.419. The average molecular weight is 215 g/mol. The molecule has 0 radical (unpaired) electrons. The van der Waals surface area contributed by atoms with Gasteiger partial charge in [0.05, 0.1) is 4.90 Å². The molecule has 0 nitrogen and oxygen atoms in total. The van der Waals surface area contributed by atoms with Gasteiger partial charge in [-0.25, -0.2) is 14.2 Å². The number of rotatable bonds is 4. The highest BCUT2D eigenvalue weighted by Gasteiger charge is 2.08. The first-order valence-corrected chi connectivity index (χ1v) is 5.22. The van der Waals surface area contributed by atoms with Crippen LogP contribution < -0.4 is 5.46 Å². The van der Waals surface area contributed by atoms with E-state index >= 15 is 0 Å². The minimum Gasteiger partial charge on any atom is -0.215 e. The lowest BCUT2D eigenvalue weighted by Crippen LogP contribution is -2.06. The zero-order valence-electron chi connectivity index (χ0n) is 7.44. The van der Waals surface area contributed by atoms with Gasteiger partial charge in [0.25, 0.3) is 0 Å². The lowest BCUT2D eigenvalue weighted by Gasteiger charge is -2.07. The molecule has 0 aliphatic heterocycles. The molecule has 78 valence electrons. The summed E-state index contributed by atoms with van der Waals surface area (Å²) < 4.78 is 26.6. The SMILES string of the molecule is [BH3-]c1cc(F)c(SCCCC)c(F)c1. The number of halogens is 2. The van der Waals surface area contributed by atoms with Crippen LogP contribution in [0.5, 0.6) is 0 Å². The van der Waals surface area contributed by atoms with Crippen LogP contribution in [-0.2, 0) is 0 Å². The van der Waals surface area contributed by atoms with Crippen LogP contribution in [0.2, 0.25) is 0 Å². The molecule has 0 saturated carbocycles. The molecule has 0 unspecified atom stereocenters. The van der Waals surface area contributed by atoms with Crippen molar-refractivity contribution in [3.05, 3.63) is 23.8 Å². The molecule has 0 spiro atoms. The third kappa shape index (κ3) is 3.01. The van der Waals surface area contributed by atoms with Gasteiger partial charge in [0.2, 0.25) is 0 Å². The van der Waals surface area contributed by atoms with Crippen molar-refractivity contribution in [2.75, 3.05) is 5.75 Å². The predicted octanol–water partition coefficient (Wildman–Crippen LogP) is 1.85. The Bertz CT molecular complexity index is 292. The van der Waals surface area contributed by atoms with E-state index in [2.05, 4.69) is 6.92 Å². The van der Waals surface area contributed by atoms with Crippen molar-refractivity contribution in [1.82, 2.24) is 0 Å². The van der Waals surface area contributed by atoms with Gasteiger partial charge in [0.1, 0.15) is 11.6 Å². The zero-order chi connectivity index (χ0) is 10.6. The summed E-state index contributed by atoms with van der Waals surface area (Å²) in [4.78, 5) is 0.197. The molecule has 0 bridgehead atoms. The van der Waals surface area contributed by atoms with Gasteiger partial charge >= 0.3 is 0 Å². The second-order valence-electron chi connectivity index (χ2n) is 2.68. The van der Waals surface area contributed by atoms with E-state index in [1.165, 1.54) is 23.9 Å². The van der Waals surface area contributed by atoms with Gasteiger partial charge in [0.15, 0.2) is 0 Å². The van der Waals surface area contributed by atoms with Crippen molar-refractivity contribution in [3.63, 3.8) is 0 Å². The predicted molar refractivity (Wildman–Crippen MR) is 61.6 cm³/mol. The molecule has 0 heterocycles. The Kier molecular flexibility index (Phi) is 4.46. The molecule has 0 amide bonds. The summed E-state index contributed by atoms with van der Waals surface area (Å²) in [5.74, 6) is 0.0344. The van der Waals surface area contributed by atoms with Crippen molar-refractivity contribution >= 4 is 25.1 Å². The normalized spacial score (nSPS) is 10.6. The fourth-order valence-corrected chi connectivity index (χ4v) is 1.92. The van der Waals surface area contributed by atoms with Gasteiger partial charge in [-0.3, -0.25) is 0 Å². The maximum atomic E-state index is 13.3. The first-order valence-electron chi connectivity index (χ1n) is 4.23. The molecule has 14 heavy (non-hydrogen) atoms. The summed E-state index contributed by atoms with van der Waals surface area (Å²) in [5.41, 5.74) is 0.875. The Labute approximate surface area is 88.5 Å². The van der Waals surface area contributed by atoms with E-state index in [0.29, 0.717) is 0 Å². The highest BCUT2D eigenvalue weighted by Crippen LogP contribution is 2.24. The number of benzene rings is 1. The molecule has 1 aromatic carbocycles. The number of thioether (sulfide) groups is 1. The summed E-state index contributed by atoms with van der Waals surface area (Å²) in [7, 11) is -0.116. The standard InChI is InChI=1S/C10H14BF2S/c1-2-3-4-14-10-8(12)5-7(11)6-9(10)13/h5-6H,2-4H2,1,11H3/q-1. The molecule has 0 atom stereocenters. The van der Waals surface area contributed by atoms with Crippen molar-refractivity contribution < 1.29 is 8.78 Å². The molecule has 0 fully saturated rings. The summed E-state index contributed by atoms with van der Waals surface area (Å²) in [6.45, 7) is 2.07. The van der Waals surface area contributed by atoms with E-state index in [-0.39, 0.29) is 24.4 Å².